The van der Waals surface area contributed by atoms with E-state index in [2.05, 4.69) is 0 Å². The molecule has 0 aliphatic rings. The molecule has 4 heteroatoms. The number of hydrogen-bond donors (Lipinski definition) is 0. The fraction of sp³-hybridized carbons (Fsp3) is 0.250. The summed E-state index contributed by atoms with van der Waals surface area (Å²) in [5.41, 5.74) is 0. The van der Waals surface area contributed by atoms with E-state index in [0.717, 1.165) is 16.5 Å². The van der Waals surface area contributed by atoms with Crippen LogP contribution in [-0.2, 0) is 4.74 Å². The third kappa shape index (κ3) is 2.22. The molecule has 2 aromatic rings. The minimum atomic E-state index is -0.330. The molecule has 2 rings (SSSR count). The summed E-state index contributed by atoms with van der Waals surface area (Å²) in [6.45, 7) is 2.36. The predicted octanol–water partition coefficient (Wildman–Crippen LogP) is 3.61. The van der Waals surface area contributed by atoms with Gasteiger partial charge in [0.1, 0.15) is 10.7 Å². The van der Waals surface area contributed by atoms with Crippen molar-refractivity contribution in [3.63, 3.8) is 0 Å². The Hall–Kier alpha value is -1.42. The number of carbonyl (C=O) groups is 1. The molecule has 16 heavy (non-hydrogen) atoms. The van der Waals surface area contributed by atoms with Crippen LogP contribution in [0.2, 0.25) is 0 Å². The SMILES string of the molecule is CCCOC(=O)c1cc2ccc(F)cc2s1. The van der Waals surface area contributed by atoms with E-state index in [1.54, 1.807) is 12.1 Å². The molecule has 0 unspecified atom stereocenters. The third-order valence-electron chi connectivity index (χ3n) is 2.12. The molecule has 0 aliphatic carbocycles. The number of esters is 1. The molecule has 84 valence electrons. The Bertz CT molecular complexity index is 519. The average Bonchev–Trinajstić information content (AvgIpc) is 2.68. The van der Waals surface area contributed by atoms with E-state index in [9.17, 15) is 9.18 Å². The average molecular weight is 238 g/mol. The van der Waals surface area contributed by atoms with Gasteiger partial charge in [0.15, 0.2) is 0 Å². The molecular formula is C12H11FO2S. The number of carbonyl (C=O) groups excluding carboxylic acids is 1. The van der Waals surface area contributed by atoms with Gasteiger partial charge < -0.3 is 4.74 Å². The lowest BCUT2D eigenvalue weighted by Crippen LogP contribution is -2.03. The maximum atomic E-state index is 12.9. The highest BCUT2D eigenvalue weighted by atomic mass is 32.1. The summed E-state index contributed by atoms with van der Waals surface area (Å²) in [5, 5.41) is 0.870. The fourth-order valence-electron chi connectivity index (χ4n) is 1.37. The summed E-state index contributed by atoms with van der Waals surface area (Å²) >= 11 is 1.26. The number of halogens is 1. The van der Waals surface area contributed by atoms with Gasteiger partial charge in [-0.2, -0.15) is 0 Å². The predicted molar refractivity (Wildman–Crippen MR) is 62.4 cm³/mol. The zero-order chi connectivity index (χ0) is 11.5. The number of fused-ring (bicyclic) bond motifs is 1. The van der Waals surface area contributed by atoms with Crippen molar-refractivity contribution in [2.75, 3.05) is 6.61 Å². The van der Waals surface area contributed by atoms with Crippen LogP contribution in [0, 0.1) is 5.82 Å². The number of hydrogen-bond acceptors (Lipinski definition) is 3. The molecule has 1 aromatic carbocycles. The Morgan fingerprint density at radius 2 is 2.25 bits per heavy atom. The first-order chi connectivity index (χ1) is 7.70. The lowest BCUT2D eigenvalue weighted by molar-refractivity contribution is 0.0511. The second kappa shape index (κ2) is 4.61. The van der Waals surface area contributed by atoms with Crippen LogP contribution in [0.15, 0.2) is 24.3 Å². The Labute approximate surface area is 96.7 Å². The van der Waals surface area contributed by atoms with Crippen LogP contribution in [0.4, 0.5) is 4.39 Å². The Balaban J connectivity index is 2.28. The lowest BCUT2D eigenvalue weighted by atomic mass is 10.2. The molecule has 1 aromatic heterocycles. The van der Waals surface area contributed by atoms with Crippen LogP contribution in [-0.4, -0.2) is 12.6 Å². The molecule has 0 saturated carbocycles. The van der Waals surface area contributed by atoms with Gasteiger partial charge in [0.25, 0.3) is 0 Å². The molecule has 0 saturated heterocycles. The molecule has 0 fully saturated rings. The summed E-state index contributed by atoms with van der Waals surface area (Å²) in [4.78, 5) is 12.1. The van der Waals surface area contributed by atoms with Crippen molar-refractivity contribution in [3.8, 4) is 0 Å². The maximum Gasteiger partial charge on any atom is 0.348 e. The molecule has 0 amide bonds. The highest BCUT2D eigenvalue weighted by Gasteiger charge is 2.11. The van der Waals surface area contributed by atoms with Crippen LogP contribution >= 0.6 is 11.3 Å². The smallest absolute Gasteiger partial charge is 0.348 e. The fourth-order valence-corrected chi connectivity index (χ4v) is 2.35. The molecule has 0 spiro atoms. The van der Waals surface area contributed by atoms with Gasteiger partial charge in [-0.1, -0.05) is 13.0 Å². The van der Waals surface area contributed by atoms with Gasteiger partial charge >= 0.3 is 5.97 Å². The summed E-state index contributed by atoms with van der Waals surface area (Å²) in [5.74, 6) is -0.619. The van der Waals surface area contributed by atoms with Crippen molar-refractivity contribution in [2.24, 2.45) is 0 Å². The van der Waals surface area contributed by atoms with Gasteiger partial charge in [-0.15, -0.1) is 11.3 Å². The largest absolute Gasteiger partial charge is 0.462 e. The van der Waals surface area contributed by atoms with Crippen LogP contribution in [0.1, 0.15) is 23.0 Å². The van der Waals surface area contributed by atoms with Crippen LogP contribution in [0.25, 0.3) is 10.1 Å². The third-order valence-corrected chi connectivity index (χ3v) is 3.20. The van der Waals surface area contributed by atoms with Gasteiger partial charge in [-0.05, 0) is 30.0 Å². The first kappa shape index (κ1) is 11.1. The summed E-state index contributed by atoms with van der Waals surface area (Å²) < 4.78 is 18.7. The van der Waals surface area contributed by atoms with E-state index in [1.807, 2.05) is 6.92 Å². The number of benzene rings is 1. The number of rotatable bonds is 3. The molecule has 0 atom stereocenters. The van der Waals surface area contributed by atoms with E-state index < -0.39 is 0 Å². The number of thiophene rings is 1. The Morgan fingerprint density at radius 1 is 1.44 bits per heavy atom. The van der Waals surface area contributed by atoms with Gasteiger partial charge in [0, 0.05) is 4.70 Å². The zero-order valence-electron chi connectivity index (χ0n) is 8.83. The highest BCUT2D eigenvalue weighted by Crippen LogP contribution is 2.26. The van der Waals surface area contributed by atoms with Crippen molar-refractivity contribution in [3.05, 3.63) is 35.0 Å². The Kier molecular flexibility index (Phi) is 3.19. The second-order valence-electron chi connectivity index (χ2n) is 3.43. The molecule has 0 aliphatic heterocycles. The van der Waals surface area contributed by atoms with E-state index in [1.165, 1.54) is 23.5 Å². The Morgan fingerprint density at radius 3 is 3.00 bits per heavy atom. The summed E-state index contributed by atoms with van der Waals surface area (Å²) in [6, 6.07) is 6.21. The van der Waals surface area contributed by atoms with Gasteiger partial charge in [0.2, 0.25) is 0 Å². The molecule has 0 radical (unpaired) electrons. The molecule has 1 heterocycles. The lowest BCUT2D eigenvalue weighted by Gasteiger charge is -1.98. The quantitative estimate of drug-likeness (QED) is 0.763. The van der Waals surface area contributed by atoms with E-state index in [-0.39, 0.29) is 11.8 Å². The van der Waals surface area contributed by atoms with E-state index in [4.69, 9.17) is 4.74 Å². The van der Waals surface area contributed by atoms with E-state index in [0.29, 0.717) is 11.5 Å². The topological polar surface area (TPSA) is 26.3 Å². The second-order valence-corrected chi connectivity index (χ2v) is 4.51. The monoisotopic (exact) mass is 238 g/mol. The van der Waals surface area contributed by atoms with Crippen LogP contribution in [0.5, 0.6) is 0 Å². The molecular weight excluding hydrogens is 227 g/mol. The highest BCUT2D eigenvalue weighted by molar-refractivity contribution is 7.20. The maximum absolute atomic E-state index is 12.9. The standard InChI is InChI=1S/C12H11FO2S/c1-2-5-15-12(14)11-6-8-3-4-9(13)7-10(8)16-11/h3-4,6-7H,2,5H2,1H3. The normalized spacial score (nSPS) is 10.6. The van der Waals surface area contributed by atoms with Crippen molar-refractivity contribution in [2.45, 2.75) is 13.3 Å². The molecule has 0 bridgehead atoms. The van der Waals surface area contributed by atoms with Crippen molar-refractivity contribution in [1.29, 1.82) is 0 Å². The zero-order valence-corrected chi connectivity index (χ0v) is 9.64. The first-order valence-electron chi connectivity index (χ1n) is 5.07. The van der Waals surface area contributed by atoms with Gasteiger partial charge in [-0.3, -0.25) is 0 Å². The van der Waals surface area contributed by atoms with Crippen LogP contribution in [0.3, 0.4) is 0 Å². The van der Waals surface area contributed by atoms with Crippen molar-refractivity contribution < 1.29 is 13.9 Å². The van der Waals surface area contributed by atoms with Crippen molar-refractivity contribution in [1.82, 2.24) is 0 Å². The van der Waals surface area contributed by atoms with Gasteiger partial charge in [-0.25, -0.2) is 9.18 Å². The van der Waals surface area contributed by atoms with Crippen LogP contribution < -0.4 is 0 Å². The first-order valence-corrected chi connectivity index (χ1v) is 5.88. The minimum Gasteiger partial charge on any atom is -0.462 e. The summed E-state index contributed by atoms with van der Waals surface area (Å²) in [6.07, 6.45) is 0.797. The van der Waals surface area contributed by atoms with E-state index >= 15 is 0 Å². The minimum absolute atomic E-state index is 0.289. The molecule has 2 nitrogen and oxygen atoms in total. The molecule has 0 N–H and O–H groups in total. The van der Waals surface area contributed by atoms with Crippen molar-refractivity contribution >= 4 is 27.4 Å². The number of ether oxygens (including phenoxy) is 1. The summed E-state index contributed by atoms with van der Waals surface area (Å²) in [7, 11) is 0. The van der Waals surface area contributed by atoms with Gasteiger partial charge in [0.05, 0.1) is 6.61 Å².